The van der Waals surface area contributed by atoms with Gasteiger partial charge in [-0.3, -0.25) is 4.79 Å². The van der Waals surface area contributed by atoms with Gasteiger partial charge in [0.1, 0.15) is 0 Å². The fourth-order valence-corrected chi connectivity index (χ4v) is 3.68. The van der Waals surface area contributed by atoms with E-state index in [0.717, 1.165) is 38.4 Å². The number of rotatable bonds is 5. The Hall–Kier alpha value is -0.830. The molecule has 130 valence electrons. The van der Waals surface area contributed by atoms with Gasteiger partial charge in [-0.15, -0.1) is 35.3 Å². The highest BCUT2D eigenvalue weighted by Gasteiger charge is 2.23. The van der Waals surface area contributed by atoms with Crippen LogP contribution < -0.4 is 11.1 Å². The molecule has 1 atom stereocenters. The van der Waals surface area contributed by atoms with E-state index in [1.165, 1.54) is 10.4 Å². The minimum atomic E-state index is -0.206. The number of carbonyl (C=O) groups excluding carboxylic acids is 1. The maximum atomic E-state index is 11.1. The smallest absolute Gasteiger partial charge is 0.217 e. The number of piperidine rings is 1. The quantitative estimate of drug-likeness (QED) is 0.412. The molecule has 0 spiro atoms. The van der Waals surface area contributed by atoms with E-state index in [-0.39, 0.29) is 29.9 Å². The Bertz CT molecular complexity index is 532. The zero-order valence-corrected chi connectivity index (χ0v) is 17.0. The average molecular weight is 450 g/mol. The second-order valence-electron chi connectivity index (χ2n) is 5.82. The first-order chi connectivity index (χ1) is 10.6. The number of hydrogen-bond acceptors (Lipinski definition) is 3. The summed E-state index contributed by atoms with van der Waals surface area (Å²) in [5.41, 5.74) is 6.64. The van der Waals surface area contributed by atoms with Crippen LogP contribution in [0.25, 0.3) is 0 Å². The van der Waals surface area contributed by atoms with E-state index in [0.29, 0.717) is 18.9 Å². The Morgan fingerprint density at radius 2 is 2.35 bits per heavy atom. The molecule has 0 bridgehead atoms. The van der Waals surface area contributed by atoms with Crippen LogP contribution in [-0.4, -0.2) is 36.4 Å². The summed E-state index contributed by atoms with van der Waals surface area (Å²) in [7, 11) is 0. The van der Waals surface area contributed by atoms with Crippen molar-refractivity contribution < 1.29 is 4.79 Å². The number of carbonyl (C=O) groups is 1. The van der Waals surface area contributed by atoms with Crippen LogP contribution in [0, 0.1) is 12.8 Å². The second-order valence-corrected chi connectivity index (χ2v) is 6.82. The van der Waals surface area contributed by atoms with Gasteiger partial charge in [0, 0.05) is 30.9 Å². The summed E-state index contributed by atoms with van der Waals surface area (Å²) in [5.74, 6) is 1.09. The molecule has 0 radical (unpaired) electrons. The second kappa shape index (κ2) is 10.1. The molecule has 1 amide bonds. The normalized spacial score (nSPS) is 18.4. The van der Waals surface area contributed by atoms with Crippen LogP contribution in [0.5, 0.6) is 0 Å². The van der Waals surface area contributed by atoms with Crippen molar-refractivity contribution in [3.63, 3.8) is 0 Å². The number of nitrogens with one attached hydrogen (secondary N) is 1. The van der Waals surface area contributed by atoms with Gasteiger partial charge in [-0.25, -0.2) is 4.99 Å². The minimum Gasteiger partial charge on any atom is -0.370 e. The van der Waals surface area contributed by atoms with E-state index in [2.05, 4.69) is 35.5 Å². The van der Waals surface area contributed by atoms with Gasteiger partial charge in [0.2, 0.25) is 5.91 Å². The molecule has 1 aromatic rings. The highest BCUT2D eigenvalue weighted by Crippen LogP contribution is 2.20. The van der Waals surface area contributed by atoms with E-state index < -0.39 is 0 Å². The molecule has 0 aromatic carbocycles. The number of hydrogen-bond donors (Lipinski definition) is 2. The largest absolute Gasteiger partial charge is 0.370 e. The van der Waals surface area contributed by atoms with Gasteiger partial charge >= 0.3 is 0 Å². The SMILES string of the molecule is CCNC(=NCc1sccc1C)N1CCCC(CC(N)=O)C1.I. The van der Waals surface area contributed by atoms with Gasteiger partial charge in [0.25, 0.3) is 0 Å². The van der Waals surface area contributed by atoms with Crippen molar-refractivity contribution in [3.05, 3.63) is 21.9 Å². The van der Waals surface area contributed by atoms with Gasteiger partial charge in [0.05, 0.1) is 6.54 Å². The summed E-state index contributed by atoms with van der Waals surface area (Å²) >= 11 is 1.75. The number of primary amides is 1. The number of guanidine groups is 1. The number of aryl methyl sites for hydroxylation is 1. The molecule has 7 heteroatoms. The van der Waals surface area contributed by atoms with Crippen LogP contribution in [-0.2, 0) is 11.3 Å². The third-order valence-corrected chi connectivity index (χ3v) is 4.99. The zero-order valence-electron chi connectivity index (χ0n) is 13.9. The molecule has 3 N–H and O–H groups in total. The van der Waals surface area contributed by atoms with Crippen LogP contribution in [0.1, 0.15) is 36.6 Å². The van der Waals surface area contributed by atoms with Crippen LogP contribution in [0.15, 0.2) is 16.4 Å². The maximum absolute atomic E-state index is 11.1. The first kappa shape index (κ1) is 20.2. The van der Waals surface area contributed by atoms with Crippen LogP contribution >= 0.6 is 35.3 Å². The van der Waals surface area contributed by atoms with E-state index in [9.17, 15) is 4.79 Å². The standard InChI is InChI=1S/C16H26N4OS.HI/c1-3-18-16(19-10-14-12(2)6-8-22-14)20-7-4-5-13(11-20)9-15(17)21;/h6,8,13H,3-5,7,9-11H2,1-2H3,(H2,17,21)(H,18,19);1H. The molecule has 5 nitrogen and oxygen atoms in total. The lowest BCUT2D eigenvalue weighted by Gasteiger charge is -2.34. The Morgan fingerprint density at radius 1 is 1.57 bits per heavy atom. The van der Waals surface area contributed by atoms with E-state index >= 15 is 0 Å². The Kier molecular flexibility index (Phi) is 8.90. The molecule has 1 aliphatic rings. The van der Waals surface area contributed by atoms with E-state index in [1.54, 1.807) is 11.3 Å². The van der Waals surface area contributed by atoms with Gasteiger partial charge in [-0.2, -0.15) is 0 Å². The molecule has 1 fully saturated rings. The topological polar surface area (TPSA) is 70.7 Å². The van der Waals surface area contributed by atoms with Crippen molar-refractivity contribution in [1.29, 1.82) is 0 Å². The lowest BCUT2D eigenvalue weighted by atomic mass is 9.95. The van der Waals surface area contributed by atoms with Crippen LogP contribution in [0.2, 0.25) is 0 Å². The summed E-state index contributed by atoms with van der Waals surface area (Å²) in [6, 6.07) is 2.13. The highest BCUT2D eigenvalue weighted by molar-refractivity contribution is 14.0. The summed E-state index contributed by atoms with van der Waals surface area (Å²) in [6.45, 7) is 7.61. The molecular formula is C16H27IN4OS. The monoisotopic (exact) mass is 450 g/mol. The zero-order chi connectivity index (χ0) is 15.9. The molecular weight excluding hydrogens is 423 g/mol. The third-order valence-electron chi connectivity index (χ3n) is 3.98. The molecule has 0 aliphatic carbocycles. The number of thiophene rings is 1. The highest BCUT2D eigenvalue weighted by atomic mass is 127. The Balaban J connectivity index is 0.00000264. The van der Waals surface area contributed by atoms with Crippen LogP contribution in [0.3, 0.4) is 0 Å². The molecule has 1 unspecified atom stereocenters. The van der Waals surface area contributed by atoms with Crippen LogP contribution in [0.4, 0.5) is 0 Å². The number of aliphatic imine (C=N–C) groups is 1. The molecule has 1 saturated heterocycles. The van der Waals surface area contributed by atoms with Crippen molar-refractivity contribution in [2.24, 2.45) is 16.6 Å². The number of amides is 1. The summed E-state index contributed by atoms with van der Waals surface area (Å²) in [4.78, 5) is 19.5. The molecule has 1 aliphatic heterocycles. The van der Waals surface area contributed by atoms with Gasteiger partial charge in [-0.05, 0) is 49.6 Å². The predicted octanol–water partition coefficient (Wildman–Crippen LogP) is 2.73. The summed E-state index contributed by atoms with van der Waals surface area (Å²) in [6.07, 6.45) is 2.63. The first-order valence-corrected chi connectivity index (χ1v) is 8.82. The lowest BCUT2D eigenvalue weighted by molar-refractivity contribution is -0.119. The molecule has 2 heterocycles. The summed E-state index contributed by atoms with van der Waals surface area (Å²) < 4.78 is 0. The van der Waals surface area contributed by atoms with Crippen molar-refractivity contribution in [2.75, 3.05) is 19.6 Å². The van der Waals surface area contributed by atoms with Crippen molar-refractivity contribution >= 4 is 47.2 Å². The fourth-order valence-electron chi connectivity index (χ4n) is 2.85. The lowest BCUT2D eigenvalue weighted by Crippen LogP contribution is -2.47. The fraction of sp³-hybridized carbons (Fsp3) is 0.625. The Morgan fingerprint density at radius 3 is 2.96 bits per heavy atom. The third kappa shape index (κ3) is 6.29. The van der Waals surface area contributed by atoms with E-state index in [4.69, 9.17) is 10.7 Å². The molecule has 2 rings (SSSR count). The average Bonchev–Trinajstić information content (AvgIpc) is 2.88. The molecule has 23 heavy (non-hydrogen) atoms. The number of nitrogens with zero attached hydrogens (tertiary/aromatic N) is 2. The summed E-state index contributed by atoms with van der Waals surface area (Å²) in [5, 5.41) is 5.48. The number of nitrogens with two attached hydrogens (primary N) is 1. The minimum absolute atomic E-state index is 0. The van der Waals surface area contributed by atoms with Gasteiger partial charge in [0.15, 0.2) is 5.96 Å². The van der Waals surface area contributed by atoms with Crippen molar-refractivity contribution in [2.45, 2.75) is 39.7 Å². The number of halogens is 1. The number of likely N-dealkylation sites (tertiary alicyclic amines) is 1. The maximum Gasteiger partial charge on any atom is 0.217 e. The van der Waals surface area contributed by atoms with Crippen molar-refractivity contribution in [1.82, 2.24) is 10.2 Å². The molecule has 1 aromatic heterocycles. The van der Waals surface area contributed by atoms with Crippen molar-refractivity contribution in [3.8, 4) is 0 Å². The van der Waals surface area contributed by atoms with Gasteiger partial charge < -0.3 is 16.0 Å². The first-order valence-electron chi connectivity index (χ1n) is 7.94. The Labute approximate surface area is 159 Å². The predicted molar refractivity (Wildman–Crippen MR) is 107 cm³/mol. The van der Waals surface area contributed by atoms with E-state index in [1.807, 2.05) is 0 Å². The molecule has 0 saturated carbocycles. The van der Waals surface area contributed by atoms with Gasteiger partial charge in [-0.1, -0.05) is 0 Å².